The average molecular weight is 545 g/mol. The molecule has 0 spiro atoms. The Kier molecular flexibility index (Phi) is 7.12. The summed E-state index contributed by atoms with van der Waals surface area (Å²) in [5.74, 6) is -2.48. The molecule has 3 aromatic carbocycles. The van der Waals surface area contributed by atoms with E-state index in [0.717, 1.165) is 6.07 Å². The molecule has 1 aliphatic heterocycles. The van der Waals surface area contributed by atoms with Gasteiger partial charge >= 0.3 is 18.2 Å². The van der Waals surface area contributed by atoms with Crippen LogP contribution in [0.2, 0.25) is 5.02 Å². The minimum atomic E-state index is -1.17. The number of carbonyl (C=O) groups excluding carboxylic acids is 2. The average Bonchev–Trinajstić information content (AvgIpc) is 3.31. The van der Waals surface area contributed by atoms with Crippen molar-refractivity contribution in [3.05, 3.63) is 87.9 Å². The standard InChI is InChI=1S/C26H19ClF2N2O7/c1-34-22(32)13-35-20-9-6-14(27)12-17(20)24-16-7-8-18(28)23(29)15(16)10-11-31(24)38-26(33)37-25-30-19-4-2-3-5-21(19)36-25/h2-9,12,24H,10-11,13H2,1H3/t24-/m0/s1. The number of carbonyl (C=O) groups is 2. The van der Waals surface area contributed by atoms with Crippen LogP contribution in [0.1, 0.15) is 22.7 Å². The molecule has 0 N–H and O–H groups in total. The number of para-hydroxylation sites is 2. The third kappa shape index (κ3) is 5.11. The molecular formula is C26H19ClF2N2O7. The lowest BCUT2D eigenvalue weighted by Crippen LogP contribution is -2.39. The van der Waals surface area contributed by atoms with E-state index < -0.39 is 36.4 Å². The maximum atomic E-state index is 14.8. The van der Waals surface area contributed by atoms with Gasteiger partial charge in [0, 0.05) is 17.1 Å². The molecule has 196 valence electrons. The Labute approximate surface area is 219 Å². The number of methoxy groups -OCH3 is 1. The molecule has 1 aromatic heterocycles. The number of rotatable bonds is 6. The SMILES string of the molecule is COC(=O)COc1ccc(Cl)cc1[C@@H]1c2ccc(F)c(F)c2CCN1OC(=O)Oc1nc2ccccc2o1. The van der Waals surface area contributed by atoms with Crippen molar-refractivity contribution in [1.29, 1.82) is 0 Å². The summed E-state index contributed by atoms with van der Waals surface area (Å²) in [4.78, 5) is 34.0. The van der Waals surface area contributed by atoms with Crippen LogP contribution >= 0.6 is 11.6 Å². The monoisotopic (exact) mass is 544 g/mol. The number of nitrogens with zero attached hydrogens (tertiary/aromatic N) is 2. The van der Waals surface area contributed by atoms with E-state index >= 15 is 0 Å². The summed E-state index contributed by atoms with van der Waals surface area (Å²) in [7, 11) is 1.21. The second kappa shape index (κ2) is 10.6. The highest BCUT2D eigenvalue weighted by Crippen LogP contribution is 2.42. The van der Waals surface area contributed by atoms with Gasteiger partial charge in [0.05, 0.1) is 7.11 Å². The van der Waals surface area contributed by atoms with Crippen LogP contribution < -0.4 is 9.47 Å². The fraction of sp³-hybridized carbons (Fsp3) is 0.192. The van der Waals surface area contributed by atoms with Crippen molar-refractivity contribution in [1.82, 2.24) is 10.0 Å². The van der Waals surface area contributed by atoms with Gasteiger partial charge in [-0.2, -0.15) is 4.98 Å². The quantitative estimate of drug-likeness (QED) is 0.296. The largest absolute Gasteiger partial charge is 0.537 e. The van der Waals surface area contributed by atoms with Crippen molar-refractivity contribution in [3.8, 4) is 11.8 Å². The number of oxazole rings is 1. The summed E-state index contributed by atoms with van der Waals surface area (Å²) in [6.07, 6.45) is -1.49. The van der Waals surface area contributed by atoms with Crippen LogP contribution in [0.3, 0.4) is 0 Å². The maximum absolute atomic E-state index is 14.8. The van der Waals surface area contributed by atoms with Crippen molar-refractivity contribution >= 4 is 34.8 Å². The predicted molar refractivity (Wildman–Crippen MR) is 129 cm³/mol. The zero-order chi connectivity index (χ0) is 26.8. The fourth-order valence-electron chi connectivity index (χ4n) is 4.19. The van der Waals surface area contributed by atoms with Crippen LogP contribution in [-0.4, -0.2) is 42.4 Å². The molecule has 1 aliphatic rings. The summed E-state index contributed by atoms with van der Waals surface area (Å²) >= 11 is 6.26. The Bertz CT molecular complexity index is 1490. The molecule has 5 rings (SSSR count). The van der Waals surface area contributed by atoms with Gasteiger partial charge in [0.25, 0.3) is 0 Å². The lowest BCUT2D eigenvalue weighted by atomic mass is 9.88. The van der Waals surface area contributed by atoms with E-state index in [9.17, 15) is 18.4 Å². The predicted octanol–water partition coefficient (Wildman–Crippen LogP) is 5.39. The number of hydrogen-bond acceptors (Lipinski definition) is 9. The Morgan fingerprint density at radius 3 is 2.74 bits per heavy atom. The van der Waals surface area contributed by atoms with Gasteiger partial charge in [-0.3, -0.25) is 0 Å². The molecular weight excluding hydrogens is 526 g/mol. The van der Waals surface area contributed by atoms with Crippen molar-refractivity contribution in [2.75, 3.05) is 20.3 Å². The summed E-state index contributed by atoms with van der Waals surface area (Å²) in [5.41, 5.74) is 1.60. The molecule has 0 saturated carbocycles. The van der Waals surface area contributed by atoms with Gasteiger partial charge in [-0.05, 0) is 53.9 Å². The van der Waals surface area contributed by atoms with E-state index in [1.54, 1.807) is 24.3 Å². The molecule has 0 radical (unpaired) electrons. The molecule has 0 fully saturated rings. The van der Waals surface area contributed by atoms with Gasteiger partial charge in [-0.15, -0.1) is 5.06 Å². The van der Waals surface area contributed by atoms with E-state index in [1.807, 2.05) is 0 Å². The lowest BCUT2D eigenvalue weighted by molar-refractivity contribution is -0.144. The number of aromatic nitrogens is 1. The second-order valence-electron chi connectivity index (χ2n) is 8.16. The first-order chi connectivity index (χ1) is 18.3. The molecule has 0 unspecified atom stereocenters. The van der Waals surface area contributed by atoms with Gasteiger partial charge in [0.15, 0.2) is 23.8 Å². The summed E-state index contributed by atoms with van der Waals surface area (Å²) in [6.45, 7) is -0.466. The number of esters is 1. The molecule has 38 heavy (non-hydrogen) atoms. The number of ether oxygens (including phenoxy) is 3. The van der Waals surface area contributed by atoms with Crippen LogP contribution in [0.15, 0.2) is 59.0 Å². The van der Waals surface area contributed by atoms with E-state index in [-0.39, 0.29) is 35.4 Å². The van der Waals surface area contributed by atoms with Crippen LogP contribution in [0, 0.1) is 11.6 Å². The lowest BCUT2D eigenvalue weighted by Gasteiger charge is -2.36. The number of fused-ring (bicyclic) bond motifs is 2. The van der Waals surface area contributed by atoms with Crippen LogP contribution in [0.4, 0.5) is 13.6 Å². The second-order valence-corrected chi connectivity index (χ2v) is 8.60. The molecule has 0 aliphatic carbocycles. The summed E-state index contributed by atoms with van der Waals surface area (Å²) in [6, 6.07) is 12.7. The molecule has 0 bridgehead atoms. The number of hydrogen-bond donors (Lipinski definition) is 0. The zero-order valence-corrected chi connectivity index (χ0v) is 20.5. The van der Waals surface area contributed by atoms with Gasteiger partial charge in [0.1, 0.15) is 17.3 Å². The van der Waals surface area contributed by atoms with Gasteiger partial charge < -0.3 is 23.5 Å². The van der Waals surface area contributed by atoms with Crippen LogP contribution in [-0.2, 0) is 20.8 Å². The smallest absolute Gasteiger partial charge is 0.482 e. The molecule has 0 amide bonds. The number of benzene rings is 3. The Morgan fingerprint density at radius 2 is 1.95 bits per heavy atom. The van der Waals surface area contributed by atoms with E-state index in [4.69, 9.17) is 30.3 Å². The zero-order valence-electron chi connectivity index (χ0n) is 19.8. The third-order valence-electron chi connectivity index (χ3n) is 5.87. The van der Waals surface area contributed by atoms with Crippen LogP contribution in [0.5, 0.6) is 11.8 Å². The fourth-order valence-corrected chi connectivity index (χ4v) is 4.37. The molecule has 0 saturated heterocycles. The van der Waals surface area contributed by atoms with Crippen molar-refractivity contribution in [2.24, 2.45) is 0 Å². The molecule has 1 atom stereocenters. The Balaban J connectivity index is 1.49. The normalized spacial score (nSPS) is 15.1. The minimum Gasteiger partial charge on any atom is -0.482 e. The number of hydroxylamine groups is 2. The Hall–Kier alpha value is -4.22. The molecule has 4 aromatic rings. The highest BCUT2D eigenvalue weighted by Gasteiger charge is 2.36. The first kappa shape index (κ1) is 25.4. The van der Waals surface area contributed by atoms with E-state index in [2.05, 4.69) is 9.72 Å². The summed E-state index contributed by atoms with van der Waals surface area (Å²) in [5, 5.41) is 1.51. The van der Waals surface area contributed by atoms with Gasteiger partial charge in [-0.25, -0.2) is 18.4 Å². The number of halogens is 3. The molecule has 2 heterocycles. The van der Waals surface area contributed by atoms with Gasteiger partial charge in [0.2, 0.25) is 0 Å². The maximum Gasteiger partial charge on any atom is 0.537 e. The van der Waals surface area contributed by atoms with E-state index in [0.29, 0.717) is 22.2 Å². The van der Waals surface area contributed by atoms with Crippen LogP contribution in [0.25, 0.3) is 11.1 Å². The van der Waals surface area contributed by atoms with Crippen molar-refractivity contribution in [3.63, 3.8) is 0 Å². The first-order valence-corrected chi connectivity index (χ1v) is 11.7. The third-order valence-corrected chi connectivity index (χ3v) is 6.11. The van der Waals surface area contributed by atoms with Crippen molar-refractivity contribution < 1.29 is 41.8 Å². The first-order valence-electron chi connectivity index (χ1n) is 11.3. The highest BCUT2D eigenvalue weighted by atomic mass is 35.5. The topological polar surface area (TPSA) is 100 Å². The highest BCUT2D eigenvalue weighted by molar-refractivity contribution is 6.30. The van der Waals surface area contributed by atoms with Gasteiger partial charge in [-0.1, -0.05) is 29.8 Å². The minimum absolute atomic E-state index is 0.0184. The molecule has 12 heteroatoms. The molecule has 9 nitrogen and oxygen atoms in total. The summed E-state index contributed by atoms with van der Waals surface area (Å²) < 4.78 is 49.6. The Morgan fingerprint density at radius 1 is 1.13 bits per heavy atom. The van der Waals surface area contributed by atoms with E-state index in [1.165, 1.54) is 36.4 Å². The van der Waals surface area contributed by atoms with Crippen molar-refractivity contribution in [2.45, 2.75) is 12.5 Å².